The molecule has 1 aliphatic rings. The fraction of sp³-hybridized carbons (Fsp3) is 0.692. The summed E-state index contributed by atoms with van der Waals surface area (Å²) in [6, 6.07) is 9.98. The first-order valence-electron chi connectivity index (χ1n) is 12.1. The molecule has 0 saturated carbocycles. The highest BCUT2D eigenvalue weighted by atomic mass is 28.4. The Kier molecular flexibility index (Phi) is 8.27. The van der Waals surface area contributed by atoms with Crippen molar-refractivity contribution in [3.63, 3.8) is 0 Å². The highest BCUT2D eigenvalue weighted by Crippen LogP contribution is 2.44. The quantitative estimate of drug-likeness (QED) is 0.307. The molecule has 7 heteroatoms. The molecule has 1 aromatic carbocycles. The van der Waals surface area contributed by atoms with Crippen LogP contribution in [0.2, 0.25) is 36.3 Å². The number of amides is 1. The summed E-state index contributed by atoms with van der Waals surface area (Å²) in [5.41, 5.74) is 0.237. The van der Waals surface area contributed by atoms with Crippen LogP contribution in [0.3, 0.4) is 0 Å². The van der Waals surface area contributed by atoms with Gasteiger partial charge in [0.15, 0.2) is 16.6 Å². The van der Waals surface area contributed by atoms with Crippen LogP contribution in [0.25, 0.3) is 0 Å². The Morgan fingerprint density at radius 2 is 1.55 bits per heavy atom. The van der Waals surface area contributed by atoms with E-state index in [0.29, 0.717) is 26.0 Å². The van der Waals surface area contributed by atoms with Crippen LogP contribution < -0.4 is 0 Å². The lowest BCUT2D eigenvalue weighted by Crippen LogP contribution is -2.63. The summed E-state index contributed by atoms with van der Waals surface area (Å²) in [6.07, 6.45) is 1.16. The van der Waals surface area contributed by atoms with Gasteiger partial charge in [-0.2, -0.15) is 0 Å². The van der Waals surface area contributed by atoms with E-state index in [-0.39, 0.29) is 16.0 Å². The number of carbonyl (C=O) groups is 2. The van der Waals surface area contributed by atoms with Gasteiger partial charge in [-0.15, -0.1) is 0 Å². The number of aldehydes is 1. The third-order valence-electron chi connectivity index (χ3n) is 8.16. The summed E-state index contributed by atoms with van der Waals surface area (Å²) in [5.74, 6) is 0.0587. The Balaban J connectivity index is 2.52. The molecule has 1 fully saturated rings. The minimum atomic E-state index is -2.27. The van der Waals surface area contributed by atoms with Gasteiger partial charge >= 0.3 is 0 Å². The molecule has 186 valence electrons. The number of rotatable bonds is 9. The Morgan fingerprint density at radius 1 is 1.00 bits per heavy atom. The Hall–Kier alpha value is -1.29. The van der Waals surface area contributed by atoms with Gasteiger partial charge in [-0.25, -0.2) is 0 Å². The lowest BCUT2D eigenvalue weighted by Gasteiger charge is -2.48. The molecule has 0 bridgehead atoms. The third-order valence-corrected chi connectivity index (χ3v) is 17.1. The van der Waals surface area contributed by atoms with Crippen molar-refractivity contribution in [2.45, 2.75) is 109 Å². The summed E-state index contributed by atoms with van der Waals surface area (Å²) in [4.78, 5) is 27.7. The van der Waals surface area contributed by atoms with Crippen LogP contribution in [-0.2, 0) is 25.0 Å². The van der Waals surface area contributed by atoms with E-state index < -0.39 is 28.3 Å². The van der Waals surface area contributed by atoms with Crippen molar-refractivity contribution in [3.8, 4) is 0 Å². The van der Waals surface area contributed by atoms with Gasteiger partial charge in [0.2, 0.25) is 5.91 Å². The standard InChI is InChI=1S/C26H45NO4Si2/c1-24(2,3)32(7,8)30-20-26(22(19-28)31-33(9,10)25(4,5)6)17-16-23(29)27(26)18-21-14-12-11-13-15-21/h11-15,19,22H,16-18,20H2,1-10H3/t22-,26-/m0/s1. The lowest BCUT2D eigenvalue weighted by molar-refractivity contribution is -0.140. The number of nitrogens with zero attached hydrogens (tertiary/aromatic N) is 1. The number of likely N-dealkylation sites (tertiary alicyclic amines) is 1. The molecule has 1 aromatic rings. The molecule has 5 nitrogen and oxygen atoms in total. The van der Waals surface area contributed by atoms with Crippen molar-refractivity contribution < 1.29 is 18.4 Å². The van der Waals surface area contributed by atoms with E-state index in [1.165, 1.54) is 0 Å². The van der Waals surface area contributed by atoms with Crippen molar-refractivity contribution in [2.24, 2.45) is 0 Å². The van der Waals surface area contributed by atoms with E-state index in [4.69, 9.17) is 8.85 Å². The molecule has 2 rings (SSSR count). The molecule has 1 saturated heterocycles. The van der Waals surface area contributed by atoms with Crippen molar-refractivity contribution in [2.75, 3.05) is 6.61 Å². The van der Waals surface area contributed by atoms with E-state index >= 15 is 0 Å². The van der Waals surface area contributed by atoms with Gasteiger partial charge in [0.1, 0.15) is 12.4 Å². The van der Waals surface area contributed by atoms with Gasteiger partial charge in [0, 0.05) is 13.0 Å². The van der Waals surface area contributed by atoms with E-state index in [0.717, 1.165) is 11.8 Å². The van der Waals surface area contributed by atoms with Gasteiger partial charge in [-0.1, -0.05) is 71.9 Å². The summed E-state index contributed by atoms with van der Waals surface area (Å²) in [7, 11) is -4.39. The second-order valence-corrected chi connectivity index (χ2v) is 22.1. The van der Waals surface area contributed by atoms with Crippen molar-refractivity contribution in [1.82, 2.24) is 4.90 Å². The largest absolute Gasteiger partial charge is 0.414 e. The van der Waals surface area contributed by atoms with Crippen LogP contribution in [0.1, 0.15) is 59.9 Å². The lowest BCUT2D eigenvalue weighted by atomic mass is 9.90. The van der Waals surface area contributed by atoms with Crippen LogP contribution in [0.5, 0.6) is 0 Å². The van der Waals surface area contributed by atoms with E-state index in [9.17, 15) is 9.59 Å². The number of hydrogen-bond donors (Lipinski definition) is 0. The summed E-state index contributed by atoms with van der Waals surface area (Å²) in [5, 5.41) is -0.0271. The molecule has 1 aliphatic heterocycles. The fourth-order valence-corrected chi connectivity index (χ4v) is 5.97. The highest BCUT2D eigenvalue weighted by Gasteiger charge is 2.55. The molecule has 2 atom stereocenters. The van der Waals surface area contributed by atoms with Gasteiger partial charge in [0.25, 0.3) is 0 Å². The Labute approximate surface area is 203 Å². The zero-order valence-electron chi connectivity index (χ0n) is 22.5. The zero-order chi connectivity index (χ0) is 25.3. The Bertz CT molecular complexity index is 827. The minimum Gasteiger partial charge on any atom is -0.414 e. The normalized spacial score (nSPS) is 21.4. The van der Waals surface area contributed by atoms with Gasteiger partial charge in [0.05, 0.1) is 12.1 Å². The van der Waals surface area contributed by atoms with Crippen LogP contribution in [0.15, 0.2) is 30.3 Å². The molecular formula is C26H45NO4Si2. The average Bonchev–Trinajstić information content (AvgIpc) is 3.00. The van der Waals surface area contributed by atoms with Crippen molar-refractivity contribution in [1.29, 1.82) is 0 Å². The topological polar surface area (TPSA) is 55.8 Å². The van der Waals surface area contributed by atoms with Crippen LogP contribution in [0, 0.1) is 0 Å². The first-order valence-corrected chi connectivity index (χ1v) is 17.9. The molecule has 33 heavy (non-hydrogen) atoms. The fourth-order valence-electron chi connectivity index (χ4n) is 3.66. The smallest absolute Gasteiger partial charge is 0.223 e. The van der Waals surface area contributed by atoms with E-state index in [2.05, 4.69) is 67.7 Å². The molecule has 1 amide bonds. The zero-order valence-corrected chi connectivity index (χ0v) is 24.5. The van der Waals surface area contributed by atoms with Crippen LogP contribution >= 0.6 is 0 Å². The molecule has 0 unspecified atom stereocenters. The van der Waals surface area contributed by atoms with Crippen molar-refractivity contribution in [3.05, 3.63) is 35.9 Å². The van der Waals surface area contributed by atoms with Gasteiger partial charge in [-0.05, 0) is 48.2 Å². The van der Waals surface area contributed by atoms with E-state index in [1.54, 1.807) is 0 Å². The number of carbonyl (C=O) groups excluding carboxylic acids is 2. The molecule has 1 heterocycles. The van der Waals surface area contributed by atoms with Crippen molar-refractivity contribution >= 4 is 28.8 Å². The van der Waals surface area contributed by atoms with Gasteiger partial charge in [-0.3, -0.25) is 4.79 Å². The first kappa shape index (κ1) is 28.0. The molecule has 0 aliphatic carbocycles. The Morgan fingerprint density at radius 3 is 2.03 bits per heavy atom. The third kappa shape index (κ3) is 6.05. The average molecular weight is 492 g/mol. The predicted molar refractivity (Wildman–Crippen MR) is 140 cm³/mol. The maximum absolute atomic E-state index is 13.2. The maximum Gasteiger partial charge on any atom is 0.223 e. The second-order valence-electron chi connectivity index (χ2n) is 12.6. The summed E-state index contributed by atoms with van der Waals surface area (Å²) < 4.78 is 13.4. The molecule has 0 spiro atoms. The summed E-state index contributed by atoms with van der Waals surface area (Å²) in [6.45, 7) is 22.6. The number of benzene rings is 1. The van der Waals surface area contributed by atoms with Gasteiger partial charge < -0.3 is 18.5 Å². The maximum atomic E-state index is 13.2. The highest BCUT2D eigenvalue weighted by molar-refractivity contribution is 6.74. The molecule has 0 N–H and O–H groups in total. The monoisotopic (exact) mass is 491 g/mol. The molecule has 0 radical (unpaired) electrons. The van der Waals surface area contributed by atoms with Crippen LogP contribution in [-0.4, -0.2) is 52.0 Å². The summed E-state index contributed by atoms with van der Waals surface area (Å²) >= 11 is 0. The predicted octanol–water partition coefficient (Wildman–Crippen LogP) is 6.16. The minimum absolute atomic E-state index is 0.0258. The first-order chi connectivity index (χ1) is 15.0. The second kappa shape index (κ2) is 9.76. The molecule has 0 aromatic heterocycles. The van der Waals surface area contributed by atoms with Crippen LogP contribution in [0.4, 0.5) is 0 Å². The number of hydrogen-bond acceptors (Lipinski definition) is 4. The molecular weight excluding hydrogens is 446 g/mol. The van der Waals surface area contributed by atoms with E-state index in [1.807, 2.05) is 35.2 Å². The SMILES string of the molecule is CC(C)(C)[Si](C)(C)OC[C@]1([C@H](C=O)O[Si](C)(C)C(C)(C)C)CCC(=O)N1Cc1ccccc1.